The summed E-state index contributed by atoms with van der Waals surface area (Å²) in [5, 5.41) is 9.16. The van der Waals surface area contributed by atoms with Crippen LogP contribution < -0.4 is 20.7 Å². The fourth-order valence-corrected chi connectivity index (χ4v) is 13.1. The largest absolute Gasteiger partial charge is 0.343 e. The van der Waals surface area contributed by atoms with Crippen LogP contribution in [-0.4, -0.2) is 114 Å². The van der Waals surface area contributed by atoms with Crippen molar-refractivity contribution < 1.29 is 36.5 Å². The van der Waals surface area contributed by atoms with E-state index in [9.17, 15) is 27.6 Å². The number of nitrogens with one attached hydrogen (secondary N) is 4. The molecule has 0 radical (unpaired) electrons. The molecular formula is C45H75N7O7S. The molecule has 0 aromatic heterocycles. The van der Waals surface area contributed by atoms with Gasteiger partial charge in [-0.05, 0) is 93.9 Å². The number of rotatable bonds is 15. The van der Waals surface area contributed by atoms with Crippen LogP contribution in [-0.2, 0) is 34.2 Å². The molecule has 14 nitrogen and oxygen atoms in total. The van der Waals surface area contributed by atoms with Crippen LogP contribution in [0.2, 0.25) is 0 Å². The molecule has 4 saturated carbocycles. The van der Waals surface area contributed by atoms with Gasteiger partial charge in [0, 0.05) is 41.1 Å². The number of nitrogens with zero attached hydrogens (tertiary/aromatic N) is 3. The molecule has 0 aromatic carbocycles. The van der Waals surface area contributed by atoms with E-state index in [1.54, 1.807) is 4.90 Å². The quantitative estimate of drug-likeness (QED) is 0.175. The Kier molecular flexibility index (Phi) is 11.9. The highest BCUT2D eigenvalue weighted by atomic mass is 32.2. The summed E-state index contributed by atoms with van der Waals surface area (Å²) in [5.74, 6) is -3.48. The lowest BCUT2D eigenvalue weighted by molar-refractivity contribution is -0.145. The molecule has 5 amide bonds. The third-order valence-electron chi connectivity index (χ3n) is 16.0. The van der Waals surface area contributed by atoms with Crippen molar-refractivity contribution in [1.29, 1.82) is 0 Å². The summed E-state index contributed by atoms with van der Waals surface area (Å²) < 4.78 is 53.0. The Labute approximate surface area is 363 Å². The molecule has 6 fully saturated rings. The van der Waals surface area contributed by atoms with Gasteiger partial charge in [-0.2, -0.15) is 12.7 Å². The zero-order chi connectivity index (χ0) is 46.7. The summed E-state index contributed by atoms with van der Waals surface area (Å²) in [4.78, 5) is 76.8. The fraction of sp³-hybridized carbons (Fsp3) is 0.844. The van der Waals surface area contributed by atoms with Crippen molar-refractivity contribution in [2.24, 2.45) is 33.5 Å². The molecule has 2 heterocycles. The predicted molar refractivity (Wildman–Crippen MR) is 231 cm³/mol. The number of carbonyl (C=O) groups excluding carboxylic acids is 5. The lowest BCUT2D eigenvalue weighted by Gasteiger charge is -2.40. The van der Waals surface area contributed by atoms with Gasteiger partial charge in [0.1, 0.15) is 23.7 Å². The maximum Gasteiger partial charge on any atom is 0.303 e. The van der Waals surface area contributed by atoms with Gasteiger partial charge < -0.3 is 20.9 Å². The smallest absolute Gasteiger partial charge is 0.303 e. The standard InChI is InChI=1S/C45H75N7O7S/c1-11-31-26-45(31,40(57)49-60(58,59)50(12-2)13-3)48-37(54)33-27-44(42(9,10)43(44)23-19-24-43)28-52(33)39(56)35(41(6,7)8)47-38(55)34(30-20-15-14-16-21-30)46-36(53)32-22-17-18-25-51(32)29(4)5/h11,29-35H,1,12-28H2,2-10H3,(H,46,53)(H,47,55)(H,48,54)(H,49,57)/t31-,32+,33+,34+,35-,44-,45-/m1/s1/i2D,12D2. The zero-order valence-corrected chi connectivity index (χ0v) is 38.3. The molecule has 4 N–H and O–H groups in total. The summed E-state index contributed by atoms with van der Waals surface area (Å²) in [7, 11) is -4.79. The molecule has 2 aliphatic heterocycles. The van der Waals surface area contributed by atoms with Crippen LogP contribution in [0, 0.1) is 33.5 Å². The van der Waals surface area contributed by atoms with Crippen molar-refractivity contribution in [3.63, 3.8) is 0 Å². The van der Waals surface area contributed by atoms with E-state index in [1.807, 2.05) is 25.5 Å². The summed E-state index contributed by atoms with van der Waals surface area (Å²) in [6.07, 6.45) is 11.9. The molecule has 6 rings (SSSR count). The molecular weight excluding hydrogens is 783 g/mol. The molecule has 4 aliphatic carbocycles. The first-order chi connectivity index (χ1) is 29.3. The first kappa shape index (κ1) is 42.3. The van der Waals surface area contributed by atoms with Crippen LogP contribution in [0.5, 0.6) is 0 Å². The van der Waals surface area contributed by atoms with Crippen molar-refractivity contribution in [3.05, 3.63) is 12.7 Å². The summed E-state index contributed by atoms with van der Waals surface area (Å²) in [6, 6.07) is -3.19. The van der Waals surface area contributed by atoms with E-state index in [-0.39, 0.29) is 54.2 Å². The molecule has 0 bridgehead atoms. The second-order valence-corrected chi connectivity index (χ2v) is 22.2. The van der Waals surface area contributed by atoms with Gasteiger partial charge in [-0.3, -0.25) is 28.9 Å². The van der Waals surface area contributed by atoms with Crippen molar-refractivity contribution in [1.82, 2.24) is 34.8 Å². The van der Waals surface area contributed by atoms with Gasteiger partial charge >= 0.3 is 10.2 Å². The van der Waals surface area contributed by atoms with E-state index in [1.165, 1.54) is 13.0 Å². The van der Waals surface area contributed by atoms with E-state index in [2.05, 4.69) is 55.1 Å². The molecule has 6 aliphatic rings. The molecule has 0 unspecified atom stereocenters. The molecule has 7 atom stereocenters. The lowest BCUT2D eigenvalue weighted by Crippen LogP contribution is -2.63. The minimum atomic E-state index is -4.79. The van der Waals surface area contributed by atoms with Crippen LogP contribution >= 0.6 is 0 Å². The minimum Gasteiger partial charge on any atom is -0.343 e. The topological polar surface area (TPSA) is 177 Å². The molecule has 60 heavy (non-hydrogen) atoms. The highest BCUT2D eigenvalue weighted by Crippen LogP contribution is 2.88. The number of carbonyl (C=O) groups is 5. The maximum absolute atomic E-state index is 15.3. The van der Waals surface area contributed by atoms with E-state index >= 15 is 4.79 Å². The Balaban J connectivity index is 1.29. The fourth-order valence-electron chi connectivity index (χ4n) is 12.0. The van der Waals surface area contributed by atoms with E-state index in [0.717, 1.165) is 70.8 Å². The van der Waals surface area contributed by atoms with Crippen LogP contribution in [0.3, 0.4) is 0 Å². The van der Waals surface area contributed by atoms with Gasteiger partial charge in [0.05, 0.1) is 6.04 Å². The Morgan fingerprint density at radius 3 is 2.13 bits per heavy atom. The highest BCUT2D eigenvalue weighted by Gasteiger charge is 2.85. The zero-order valence-electron chi connectivity index (χ0n) is 40.5. The number of hydrogen-bond donors (Lipinski definition) is 4. The van der Waals surface area contributed by atoms with Crippen LogP contribution in [0.25, 0.3) is 0 Å². The second-order valence-electron chi connectivity index (χ2n) is 20.6. The number of piperidine rings is 1. The average Bonchev–Trinajstić information content (AvgIpc) is 3.93. The molecule has 338 valence electrons. The van der Waals surface area contributed by atoms with Crippen molar-refractivity contribution in [3.8, 4) is 0 Å². The monoisotopic (exact) mass is 861 g/mol. The van der Waals surface area contributed by atoms with Crippen molar-refractivity contribution >= 4 is 39.7 Å². The number of fused-ring (bicyclic) bond motifs is 1. The van der Waals surface area contributed by atoms with E-state index < -0.39 is 87.6 Å². The maximum atomic E-state index is 15.3. The third-order valence-corrected chi connectivity index (χ3v) is 17.4. The Bertz CT molecular complexity index is 1920. The van der Waals surface area contributed by atoms with Crippen LogP contribution in [0.1, 0.15) is 150 Å². The Morgan fingerprint density at radius 1 is 0.933 bits per heavy atom. The van der Waals surface area contributed by atoms with E-state index in [0.29, 0.717) is 17.1 Å². The number of amides is 5. The van der Waals surface area contributed by atoms with Crippen molar-refractivity contribution in [2.45, 2.75) is 182 Å². The minimum absolute atomic E-state index is 0.0348. The van der Waals surface area contributed by atoms with Gasteiger partial charge in [0.25, 0.3) is 5.91 Å². The Hall–Kier alpha value is -3.04. The number of likely N-dealkylation sites (tertiary alicyclic amines) is 2. The first-order valence-electron chi connectivity index (χ1n) is 24.3. The van der Waals surface area contributed by atoms with Gasteiger partial charge in [-0.25, -0.2) is 4.72 Å². The normalized spacial score (nSPS) is 31.9. The first-order valence-corrected chi connectivity index (χ1v) is 24.0. The third kappa shape index (κ3) is 7.94. The summed E-state index contributed by atoms with van der Waals surface area (Å²) in [5.41, 5.74) is -3.26. The number of hydrogen-bond acceptors (Lipinski definition) is 8. The molecule has 15 heteroatoms. The molecule has 0 aromatic rings. The second kappa shape index (κ2) is 16.9. The lowest BCUT2D eigenvalue weighted by atomic mass is 9.73. The van der Waals surface area contributed by atoms with Gasteiger partial charge in [-0.15, -0.1) is 6.58 Å². The average molecular weight is 861 g/mol. The van der Waals surface area contributed by atoms with Gasteiger partial charge in [0.2, 0.25) is 23.6 Å². The van der Waals surface area contributed by atoms with E-state index in [4.69, 9.17) is 4.11 Å². The van der Waals surface area contributed by atoms with Crippen LogP contribution in [0.15, 0.2) is 12.7 Å². The predicted octanol–water partition coefficient (Wildman–Crippen LogP) is 4.41. The van der Waals surface area contributed by atoms with Gasteiger partial charge in [0.15, 0.2) is 0 Å². The summed E-state index contributed by atoms with van der Waals surface area (Å²) >= 11 is 0. The molecule has 2 saturated heterocycles. The Morgan fingerprint density at radius 2 is 1.60 bits per heavy atom. The van der Waals surface area contributed by atoms with Gasteiger partial charge in [-0.1, -0.05) is 86.6 Å². The summed E-state index contributed by atoms with van der Waals surface area (Å²) in [6.45, 7) is 16.5. The van der Waals surface area contributed by atoms with Crippen LogP contribution in [0.4, 0.5) is 0 Å². The highest BCUT2D eigenvalue weighted by molar-refractivity contribution is 7.87. The SMILES string of the molecule is [2H]CC([2H])([2H])N(CC)S(=O)(=O)NC(=O)[C@@]1(NC(=O)[C@@H]2C[C@@]3(CN2C(=O)[C@@H](NC(=O)[C@@H](NC(=O)[C@@H]2CCCCN2C(C)C)C2CCCCC2)C(C)(C)C)C(C)(C)C32CCC2)C[C@H]1C=C. The van der Waals surface area contributed by atoms with Crippen molar-refractivity contribution in [2.75, 3.05) is 26.1 Å². The molecule has 2 spiro atoms.